The lowest BCUT2D eigenvalue weighted by molar-refractivity contribution is -0.123. The van der Waals surface area contributed by atoms with Crippen LogP contribution in [0.4, 0.5) is 11.4 Å². The maximum absolute atomic E-state index is 13.5. The van der Waals surface area contributed by atoms with Crippen LogP contribution in [0.2, 0.25) is 0 Å². The Labute approximate surface area is 331 Å². The molecule has 0 radical (unpaired) electrons. The zero-order valence-electron chi connectivity index (χ0n) is 32.5. The summed E-state index contributed by atoms with van der Waals surface area (Å²) < 4.78 is 0. The molecule has 57 heavy (non-hydrogen) atoms. The number of anilines is 2. The van der Waals surface area contributed by atoms with Crippen molar-refractivity contribution >= 4 is 45.0 Å². The van der Waals surface area contributed by atoms with Crippen molar-refractivity contribution in [3.8, 4) is 22.8 Å². The number of H-pyrrole nitrogens is 4. The van der Waals surface area contributed by atoms with Crippen LogP contribution in [0.1, 0.15) is 104 Å². The lowest BCUT2D eigenvalue weighted by Crippen LogP contribution is -2.39. The largest absolute Gasteiger partial charge is 0.396 e. The first-order chi connectivity index (χ1) is 28.0. The van der Waals surface area contributed by atoms with Crippen molar-refractivity contribution in [2.75, 3.05) is 29.5 Å². The highest BCUT2D eigenvalue weighted by Gasteiger charge is 2.53. The number of nitrogens with zero attached hydrogens (tertiary/aromatic N) is 4. The fourth-order valence-electron chi connectivity index (χ4n) is 11.7. The maximum Gasteiger partial charge on any atom is 0.238 e. The Bertz CT molecular complexity index is 2610. The number of aromatic nitrogens is 6. The number of aliphatic hydroxyl groups excluding tert-OH is 1. The number of nitrogens with one attached hydrogen (secondary N) is 4. The van der Waals surface area contributed by atoms with Crippen molar-refractivity contribution in [1.82, 2.24) is 30.4 Å². The van der Waals surface area contributed by atoms with E-state index in [1.807, 2.05) is 28.3 Å². The summed E-state index contributed by atoms with van der Waals surface area (Å²) in [5, 5.41) is 26.8. The Morgan fingerprint density at radius 1 is 0.667 bits per heavy atom. The van der Waals surface area contributed by atoms with Gasteiger partial charge in [-0.1, -0.05) is 31.8 Å². The Morgan fingerprint density at radius 2 is 1.16 bits per heavy atom. The molecule has 5 N–H and O–H groups in total. The predicted molar refractivity (Wildman–Crippen MR) is 223 cm³/mol. The van der Waals surface area contributed by atoms with E-state index in [4.69, 9.17) is 0 Å². The lowest BCUT2D eigenvalue weighted by Gasteiger charge is -2.23. The van der Waals surface area contributed by atoms with Crippen LogP contribution < -0.4 is 9.80 Å². The summed E-state index contributed by atoms with van der Waals surface area (Å²) in [6, 6.07) is 9.01. The Balaban J connectivity index is 0.000000131. The van der Waals surface area contributed by atoms with Crippen LogP contribution in [-0.4, -0.2) is 67.0 Å². The number of aryl methyl sites for hydroxylation is 4. The zero-order chi connectivity index (χ0) is 38.5. The van der Waals surface area contributed by atoms with Gasteiger partial charge in [-0.05, 0) is 128 Å². The number of rotatable bonds is 5. The van der Waals surface area contributed by atoms with E-state index in [1.165, 1.54) is 49.8 Å². The summed E-state index contributed by atoms with van der Waals surface area (Å²) in [5.74, 6) is 0.516. The van der Waals surface area contributed by atoms with Crippen molar-refractivity contribution in [3.63, 3.8) is 0 Å². The van der Waals surface area contributed by atoms with Gasteiger partial charge >= 0.3 is 0 Å². The third kappa shape index (κ3) is 4.93. The number of fused-ring (bicyclic) bond motifs is 14. The van der Waals surface area contributed by atoms with Gasteiger partial charge in [-0.2, -0.15) is 10.2 Å². The molecule has 2 saturated carbocycles. The fraction of sp³-hybridized carbons (Fsp3) is 0.435. The van der Waals surface area contributed by atoms with Crippen LogP contribution in [0, 0.1) is 0 Å². The summed E-state index contributed by atoms with van der Waals surface area (Å²) in [7, 11) is 0. The van der Waals surface area contributed by atoms with Gasteiger partial charge in [0, 0.05) is 52.9 Å². The van der Waals surface area contributed by atoms with Crippen molar-refractivity contribution in [3.05, 3.63) is 82.7 Å². The monoisotopic (exact) mass is 762 g/mol. The highest BCUT2D eigenvalue weighted by atomic mass is 16.3. The van der Waals surface area contributed by atoms with Crippen molar-refractivity contribution < 1.29 is 14.7 Å². The standard InChI is InChI=1S/C23H26N4O2.C23H24N4O/c28-10-4-9-27-19-11-16-15-6-3-5-14-13-24-26-20(14)21(15)25-18(16)12-17(19)23(22(27)29)7-1-2-8-23;1-2-10-27-19-11-16-15-7-5-6-14-13-24-26-20(14)21(15)25-18(16)12-17(19)23(22(27)28)8-3-4-9-23/h11-13,25,28H,1-10H2,(H,24,26);2,11-13,25H,1,3-10H2,(H,24,26). The van der Waals surface area contributed by atoms with E-state index < -0.39 is 0 Å². The third-order valence-electron chi connectivity index (χ3n) is 14.4. The lowest BCUT2D eigenvalue weighted by atomic mass is 9.80. The normalized spacial score (nSPS) is 19.7. The summed E-state index contributed by atoms with van der Waals surface area (Å²) in [6.45, 7) is 5.17. The predicted octanol–water partition coefficient (Wildman–Crippen LogP) is 7.98. The highest BCUT2D eigenvalue weighted by molar-refractivity contribution is 6.12. The minimum Gasteiger partial charge on any atom is -0.396 e. The number of hydrogen-bond donors (Lipinski definition) is 5. The third-order valence-corrected chi connectivity index (χ3v) is 14.4. The molecule has 292 valence electrons. The van der Waals surface area contributed by atoms with Crippen LogP contribution >= 0.6 is 0 Å². The Kier molecular flexibility index (Phi) is 7.97. The second-order valence-corrected chi connectivity index (χ2v) is 17.4. The first-order valence-corrected chi connectivity index (χ1v) is 21.2. The molecule has 11 heteroatoms. The van der Waals surface area contributed by atoms with Crippen molar-refractivity contribution in [2.24, 2.45) is 0 Å². The van der Waals surface area contributed by atoms with Crippen LogP contribution in [0.15, 0.2) is 49.3 Å². The molecular formula is C46H50N8O3. The van der Waals surface area contributed by atoms with E-state index in [2.05, 4.69) is 61.2 Å². The van der Waals surface area contributed by atoms with Gasteiger partial charge in [0.1, 0.15) is 0 Å². The van der Waals surface area contributed by atoms with Crippen LogP contribution in [0.3, 0.4) is 0 Å². The van der Waals surface area contributed by atoms with Gasteiger partial charge in [0.25, 0.3) is 0 Å². The molecule has 4 aromatic heterocycles. The zero-order valence-corrected chi connectivity index (χ0v) is 32.5. The second-order valence-electron chi connectivity index (χ2n) is 17.4. The average molecular weight is 763 g/mol. The van der Waals surface area contributed by atoms with Crippen LogP contribution in [-0.2, 0) is 46.1 Å². The molecule has 2 aliphatic heterocycles. The summed E-state index contributed by atoms with van der Waals surface area (Å²) >= 11 is 0. The number of aromatic amines is 4. The smallest absolute Gasteiger partial charge is 0.238 e. The summed E-state index contributed by atoms with van der Waals surface area (Å²) in [4.78, 5) is 38.1. The number of aliphatic hydroxyl groups is 1. The minimum atomic E-state index is -0.360. The Hall–Kier alpha value is -5.42. The Morgan fingerprint density at radius 3 is 1.65 bits per heavy atom. The second kappa shape index (κ2) is 13.1. The van der Waals surface area contributed by atoms with Crippen molar-refractivity contribution in [2.45, 2.75) is 107 Å². The van der Waals surface area contributed by atoms with E-state index in [0.717, 1.165) is 129 Å². The fourth-order valence-corrected chi connectivity index (χ4v) is 11.7. The average Bonchev–Trinajstić information content (AvgIpc) is 4.10. The van der Waals surface area contributed by atoms with E-state index in [0.29, 0.717) is 19.5 Å². The molecule has 6 aromatic rings. The highest BCUT2D eigenvalue weighted by Crippen LogP contribution is 2.55. The van der Waals surface area contributed by atoms with Gasteiger partial charge in [-0.15, -0.1) is 6.58 Å². The first kappa shape index (κ1) is 34.8. The first-order valence-electron chi connectivity index (χ1n) is 21.2. The molecule has 6 heterocycles. The molecule has 12 rings (SSSR count). The number of hydrogen-bond acceptors (Lipinski definition) is 5. The van der Waals surface area contributed by atoms with Gasteiger partial charge in [0.2, 0.25) is 11.8 Å². The van der Waals surface area contributed by atoms with E-state index in [1.54, 1.807) is 0 Å². The quantitative estimate of drug-likeness (QED) is 0.113. The van der Waals surface area contributed by atoms with Gasteiger partial charge in [0.15, 0.2) is 0 Å². The molecule has 2 spiro atoms. The molecular weight excluding hydrogens is 713 g/mol. The molecule has 2 amide bonds. The number of benzene rings is 2. The number of amides is 2. The molecule has 0 unspecified atom stereocenters. The molecule has 0 saturated heterocycles. The van der Waals surface area contributed by atoms with E-state index in [-0.39, 0.29) is 29.3 Å². The molecule has 6 aliphatic rings. The minimum absolute atomic E-state index is 0.108. The van der Waals surface area contributed by atoms with Gasteiger partial charge < -0.3 is 24.9 Å². The number of carbonyl (C=O) groups is 2. The molecule has 2 fully saturated rings. The van der Waals surface area contributed by atoms with Gasteiger partial charge in [0.05, 0.1) is 46.0 Å². The number of carbonyl (C=O) groups excluding carboxylic acids is 2. The SMILES string of the molecule is C=CCN1C(=O)C2(CCCC2)c2cc3[nH]c4c(c3cc21)CCCc1cn[nH]c1-4.O=C1N(CCCO)c2cc3c4c([nH]c3cc2C12CCCC2)-c1[nH]ncc1CCC4. The van der Waals surface area contributed by atoms with E-state index >= 15 is 0 Å². The van der Waals surface area contributed by atoms with Gasteiger partial charge in [-0.3, -0.25) is 19.8 Å². The summed E-state index contributed by atoms with van der Waals surface area (Å²) in [6.07, 6.45) is 21.0. The van der Waals surface area contributed by atoms with Crippen LogP contribution in [0.5, 0.6) is 0 Å². The van der Waals surface area contributed by atoms with E-state index in [9.17, 15) is 14.7 Å². The van der Waals surface area contributed by atoms with Crippen molar-refractivity contribution in [1.29, 1.82) is 0 Å². The molecule has 11 nitrogen and oxygen atoms in total. The molecule has 0 atom stereocenters. The topological polar surface area (TPSA) is 150 Å². The van der Waals surface area contributed by atoms with Crippen LogP contribution in [0.25, 0.3) is 44.6 Å². The molecule has 0 bridgehead atoms. The van der Waals surface area contributed by atoms with Gasteiger partial charge in [-0.25, -0.2) is 0 Å². The molecule has 4 aliphatic carbocycles. The maximum atomic E-state index is 13.5. The molecule has 2 aromatic carbocycles. The summed E-state index contributed by atoms with van der Waals surface area (Å²) in [5.41, 5.74) is 15.9.